The maximum absolute atomic E-state index is 11.8. The molecule has 1 fully saturated rings. The van der Waals surface area contributed by atoms with Crippen LogP contribution in [0, 0.1) is 5.92 Å². The van der Waals surface area contributed by atoms with E-state index in [9.17, 15) is 4.79 Å². The van der Waals surface area contributed by atoms with Gasteiger partial charge in [0.2, 0.25) is 5.91 Å². The van der Waals surface area contributed by atoms with Crippen molar-refractivity contribution in [2.75, 3.05) is 39.4 Å². The fourth-order valence-corrected chi connectivity index (χ4v) is 2.71. The standard InChI is InChI=1S/C15H30N2O2/c1-3-17(12-14-8-6-5-7-9-14)13-15(18)16-10-11-19-4-2/h14H,3-13H2,1-2H3,(H,16,18). The fourth-order valence-electron chi connectivity index (χ4n) is 2.71. The quantitative estimate of drug-likeness (QED) is 0.652. The van der Waals surface area contributed by atoms with Crippen LogP contribution in [0.5, 0.6) is 0 Å². The van der Waals surface area contributed by atoms with Gasteiger partial charge in [0, 0.05) is 19.7 Å². The van der Waals surface area contributed by atoms with Crippen LogP contribution in [0.2, 0.25) is 0 Å². The summed E-state index contributed by atoms with van der Waals surface area (Å²) in [6.07, 6.45) is 6.79. The minimum Gasteiger partial charge on any atom is -0.380 e. The van der Waals surface area contributed by atoms with Crippen LogP contribution >= 0.6 is 0 Å². The van der Waals surface area contributed by atoms with E-state index >= 15 is 0 Å². The number of rotatable bonds is 9. The van der Waals surface area contributed by atoms with Crippen molar-refractivity contribution in [3.63, 3.8) is 0 Å². The summed E-state index contributed by atoms with van der Waals surface area (Å²) < 4.78 is 5.21. The Morgan fingerprint density at radius 2 is 2.00 bits per heavy atom. The molecule has 0 aliphatic heterocycles. The Labute approximate surface area is 117 Å². The summed E-state index contributed by atoms with van der Waals surface area (Å²) in [7, 11) is 0. The first-order valence-corrected chi connectivity index (χ1v) is 7.83. The first kappa shape index (κ1) is 16.4. The van der Waals surface area contributed by atoms with Crippen molar-refractivity contribution in [1.29, 1.82) is 0 Å². The zero-order chi connectivity index (χ0) is 13.9. The highest BCUT2D eigenvalue weighted by Crippen LogP contribution is 2.24. The number of carbonyl (C=O) groups is 1. The van der Waals surface area contributed by atoms with Gasteiger partial charge in [0.1, 0.15) is 0 Å². The number of likely N-dealkylation sites (N-methyl/N-ethyl adjacent to an activating group) is 1. The van der Waals surface area contributed by atoms with Crippen LogP contribution in [0.3, 0.4) is 0 Å². The first-order valence-electron chi connectivity index (χ1n) is 7.83. The van der Waals surface area contributed by atoms with E-state index in [1.807, 2.05) is 6.92 Å². The summed E-state index contributed by atoms with van der Waals surface area (Å²) in [6.45, 7) is 8.59. The molecule has 0 unspecified atom stereocenters. The van der Waals surface area contributed by atoms with Crippen LogP contribution in [0.1, 0.15) is 46.0 Å². The molecule has 1 amide bonds. The average Bonchev–Trinajstić information content (AvgIpc) is 2.44. The number of nitrogens with one attached hydrogen (secondary N) is 1. The smallest absolute Gasteiger partial charge is 0.234 e. The molecule has 0 aromatic heterocycles. The number of nitrogens with zero attached hydrogens (tertiary/aromatic N) is 1. The maximum atomic E-state index is 11.8. The molecule has 0 radical (unpaired) electrons. The van der Waals surface area contributed by atoms with Crippen LogP contribution in [-0.2, 0) is 9.53 Å². The van der Waals surface area contributed by atoms with Crippen LogP contribution in [-0.4, -0.2) is 50.2 Å². The highest BCUT2D eigenvalue weighted by Gasteiger charge is 2.17. The molecule has 1 aliphatic carbocycles. The number of ether oxygens (including phenoxy) is 1. The number of amides is 1. The van der Waals surface area contributed by atoms with Crippen molar-refractivity contribution in [1.82, 2.24) is 10.2 Å². The van der Waals surface area contributed by atoms with Crippen molar-refractivity contribution >= 4 is 5.91 Å². The Morgan fingerprint density at radius 1 is 1.26 bits per heavy atom. The normalized spacial score (nSPS) is 16.8. The molecule has 0 aromatic carbocycles. The topological polar surface area (TPSA) is 41.6 Å². The van der Waals surface area contributed by atoms with Crippen LogP contribution in [0.4, 0.5) is 0 Å². The zero-order valence-corrected chi connectivity index (χ0v) is 12.6. The van der Waals surface area contributed by atoms with Gasteiger partial charge in [-0.25, -0.2) is 0 Å². The Bertz CT molecular complexity index is 240. The van der Waals surface area contributed by atoms with E-state index in [2.05, 4.69) is 17.1 Å². The lowest BCUT2D eigenvalue weighted by atomic mass is 9.89. The summed E-state index contributed by atoms with van der Waals surface area (Å²) in [6, 6.07) is 0. The molecule has 4 nitrogen and oxygen atoms in total. The lowest BCUT2D eigenvalue weighted by Gasteiger charge is -2.28. The van der Waals surface area contributed by atoms with Crippen LogP contribution in [0.25, 0.3) is 0 Å². The third-order valence-electron chi connectivity index (χ3n) is 3.83. The van der Waals surface area contributed by atoms with Crippen molar-refractivity contribution in [3.8, 4) is 0 Å². The van der Waals surface area contributed by atoms with E-state index in [1.54, 1.807) is 0 Å². The molecule has 0 bridgehead atoms. The van der Waals surface area contributed by atoms with Crippen molar-refractivity contribution in [2.24, 2.45) is 5.92 Å². The summed E-state index contributed by atoms with van der Waals surface area (Å²) in [5, 5.41) is 2.91. The summed E-state index contributed by atoms with van der Waals surface area (Å²) >= 11 is 0. The zero-order valence-electron chi connectivity index (χ0n) is 12.6. The second kappa shape index (κ2) is 10.2. The molecule has 0 aromatic rings. The van der Waals surface area contributed by atoms with E-state index in [-0.39, 0.29) is 5.91 Å². The van der Waals surface area contributed by atoms with Crippen molar-refractivity contribution in [3.05, 3.63) is 0 Å². The first-order chi connectivity index (χ1) is 9.26. The minimum absolute atomic E-state index is 0.123. The average molecular weight is 270 g/mol. The largest absolute Gasteiger partial charge is 0.380 e. The van der Waals surface area contributed by atoms with Gasteiger partial charge in [0.25, 0.3) is 0 Å². The van der Waals surface area contributed by atoms with Gasteiger partial charge in [0.05, 0.1) is 13.2 Å². The predicted molar refractivity (Wildman–Crippen MR) is 78.2 cm³/mol. The van der Waals surface area contributed by atoms with Crippen molar-refractivity contribution in [2.45, 2.75) is 46.0 Å². The molecule has 0 saturated heterocycles. The van der Waals surface area contributed by atoms with Gasteiger partial charge in [-0.1, -0.05) is 26.2 Å². The molecule has 1 saturated carbocycles. The highest BCUT2D eigenvalue weighted by molar-refractivity contribution is 5.77. The lowest BCUT2D eigenvalue weighted by Crippen LogP contribution is -2.40. The molecule has 0 atom stereocenters. The van der Waals surface area contributed by atoms with Crippen LogP contribution in [0.15, 0.2) is 0 Å². The number of hydrogen-bond acceptors (Lipinski definition) is 3. The minimum atomic E-state index is 0.123. The predicted octanol–water partition coefficient (Wildman–Crippen LogP) is 2.04. The van der Waals surface area contributed by atoms with Gasteiger partial charge in [-0.3, -0.25) is 9.69 Å². The van der Waals surface area contributed by atoms with Gasteiger partial charge in [-0.15, -0.1) is 0 Å². The lowest BCUT2D eigenvalue weighted by molar-refractivity contribution is -0.122. The van der Waals surface area contributed by atoms with Gasteiger partial charge in [-0.2, -0.15) is 0 Å². The molecule has 4 heteroatoms. The van der Waals surface area contributed by atoms with Gasteiger partial charge >= 0.3 is 0 Å². The summed E-state index contributed by atoms with van der Waals surface area (Å²) in [5.74, 6) is 0.919. The Kier molecular flexibility index (Phi) is 8.84. The Hall–Kier alpha value is -0.610. The molecular weight excluding hydrogens is 240 g/mol. The molecule has 1 rings (SSSR count). The highest BCUT2D eigenvalue weighted by atomic mass is 16.5. The van der Waals surface area contributed by atoms with E-state index in [4.69, 9.17) is 4.74 Å². The summed E-state index contributed by atoms with van der Waals surface area (Å²) in [5.41, 5.74) is 0. The molecule has 19 heavy (non-hydrogen) atoms. The fraction of sp³-hybridized carbons (Fsp3) is 0.933. The molecule has 1 aliphatic rings. The van der Waals surface area contributed by atoms with Gasteiger partial charge in [0.15, 0.2) is 0 Å². The molecule has 0 heterocycles. The van der Waals surface area contributed by atoms with Crippen molar-refractivity contribution < 1.29 is 9.53 Å². The molecule has 112 valence electrons. The monoisotopic (exact) mass is 270 g/mol. The Morgan fingerprint density at radius 3 is 2.63 bits per heavy atom. The third-order valence-corrected chi connectivity index (χ3v) is 3.83. The molecule has 1 N–H and O–H groups in total. The van der Waals surface area contributed by atoms with Gasteiger partial charge in [-0.05, 0) is 32.2 Å². The number of carbonyl (C=O) groups excluding carboxylic acids is 1. The van der Waals surface area contributed by atoms with E-state index in [0.29, 0.717) is 26.3 Å². The third kappa shape index (κ3) is 7.53. The Balaban J connectivity index is 2.17. The number of hydrogen-bond donors (Lipinski definition) is 1. The maximum Gasteiger partial charge on any atom is 0.234 e. The van der Waals surface area contributed by atoms with E-state index in [0.717, 1.165) is 19.0 Å². The SMILES string of the molecule is CCOCCNC(=O)CN(CC)CC1CCCCC1. The molecule has 0 spiro atoms. The van der Waals surface area contributed by atoms with Crippen LogP contribution < -0.4 is 5.32 Å². The molecular formula is C15H30N2O2. The summed E-state index contributed by atoms with van der Waals surface area (Å²) in [4.78, 5) is 14.1. The van der Waals surface area contributed by atoms with Gasteiger partial charge < -0.3 is 10.1 Å². The second-order valence-electron chi connectivity index (χ2n) is 5.38. The second-order valence-corrected chi connectivity index (χ2v) is 5.38. The van der Waals surface area contributed by atoms with E-state index < -0.39 is 0 Å². The van der Waals surface area contributed by atoms with E-state index in [1.165, 1.54) is 32.1 Å².